The molecule has 5 heteroatoms. The molecule has 1 heterocycles. The van der Waals surface area contributed by atoms with Crippen LogP contribution in [0.15, 0.2) is 18.2 Å². The number of halogens is 1. The van der Waals surface area contributed by atoms with Crippen molar-refractivity contribution in [3.05, 3.63) is 28.8 Å². The van der Waals surface area contributed by atoms with E-state index in [1.807, 2.05) is 0 Å². The van der Waals surface area contributed by atoms with Gasteiger partial charge in [-0.2, -0.15) is 5.26 Å². The lowest BCUT2D eigenvalue weighted by Crippen LogP contribution is -2.48. The molecule has 112 valence electrons. The van der Waals surface area contributed by atoms with Crippen molar-refractivity contribution >= 4 is 23.2 Å². The molecule has 1 amide bonds. The number of hydrogen-bond acceptors (Lipinski definition) is 3. The molecule has 1 aliphatic rings. The number of benzene rings is 1. The quantitative estimate of drug-likeness (QED) is 0.897. The second-order valence-electron chi connectivity index (χ2n) is 5.57. The molecular formula is C16H20ClN3O. The van der Waals surface area contributed by atoms with Gasteiger partial charge in [0.15, 0.2) is 0 Å². The van der Waals surface area contributed by atoms with Gasteiger partial charge in [-0.3, -0.25) is 4.79 Å². The van der Waals surface area contributed by atoms with Gasteiger partial charge < -0.3 is 10.6 Å². The Balaban J connectivity index is 2.21. The molecule has 1 fully saturated rings. The van der Waals surface area contributed by atoms with Crippen molar-refractivity contribution in [3.63, 3.8) is 0 Å². The SMILES string of the molecule is CCCC1(C(=O)Nc2cc(C#N)ccc2Cl)CCCNC1. The maximum Gasteiger partial charge on any atom is 0.231 e. The molecular weight excluding hydrogens is 286 g/mol. The van der Waals surface area contributed by atoms with E-state index in [1.165, 1.54) is 0 Å². The molecule has 1 aromatic carbocycles. The first kappa shape index (κ1) is 15.8. The number of hydrogen-bond donors (Lipinski definition) is 2. The van der Waals surface area contributed by atoms with Crippen LogP contribution >= 0.6 is 11.6 Å². The predicted octanol–water partition coefficient (Wildman–Crippen LogP) is 3.32. The van der Waals surface area contributed by atoms with Gasteiger partial charge in [0.25, 0.3) is 0 Å². The molecule has 1 saturated heterocycles. The van der Waals surface area contributed by atoms with Crippen LogP contribution in [0.3, 0.4) is 0 Å². The molecule has 1 unspecified atom stereocenters. The van der Waals surface area contributed by atoms with E-state index in [9.17, 15) is 4.79 Å². The molecule has 1 aliphatic heterocycles. The first-order valence-electron chi connectivity index (χ1n) is 7.33. The Kier molecular flexibility index (Phi) is 5.22. The summed E-state index contributed by atoms with van der Waals surface area (Å²) in [5.41, 5.74) is 0.627. The van der Waals surface area contributed by atoms with Gasteiger partial charge in [0.05, 0.1) is 27.8 Å². The van der Waals surface area contributed by atoms with Gasteiger partial charge in [0.1, 0.15) is 0 Å². The van der Waals surface area contributed by atoms with E-state index in [-0.39, 0.29) is 11.3 Å². The number of piperidine rings is 1. The second-order valence-corrected chi connectivity index (χ2v) is 5.98. The molecule has 21 heavy (non-hydrogen) atoms. The average Bonchev–Trinajstić information content (AvgIpc) is 2.50. The summed E-state index contributed by atoms with van der Waals surface area (Å²) in [4.78, 5) is 12.7. The summed E-state index contributed by atoms with van der Waals surface area (Å²) >= 11 is 6.12. The minimum absolute atomic E-state index is 0.00598. The van der Waals surface area contributed by atoms with Crippen LogP contribution in [0.25, 0.3) is 0 Å². The summed E-state index contributed by atoms with van der Waals surface area (Å²) in [6.07, 6.45) is 3.69. The van der Waals surface area contributed by atoms with Crippen LogP contribution in [0.1, 0.15) is 38.2 Å². The number of nitrogens with one attached hydrogen (secondary N) is 2. The van der Waals surface area contributed by atoms with Gasteiger partial charge in [0.2, 0.25) is 5.91 Å². The zero-order valence-electron chi connectivity index (χ0n) is 12.2. The van der Waals surface area contributed by atoms with Crippen molar-refractivity contribution in [1.82, 2.24) is 5.32 Å². The number of carbonyl (C=O) groups excluding carboxylic acids is 1. The zero-order valence-corrected chi connectivity index (χ0v) is 13.0. The summed E-state index contributed by atoms with van der Waals surface area (Å²) in [7, 11) is 0. The lowest BCUT2D eigenvalue weighted by Gasteiger charge is -2.36. The Labute approximate surface area is 130 Å². The van der Waals surface area contributed by atoms with E-state index in [2.05, 4.69) is 23.6 Å². The number of anilines is 1. The highest BCUT2D eigenvalue weighted by Gasteiger charge is 2.38. The molecule has 0 radical (unpaired) electrons. The van der Waals surface area contributed by atoms with Gasteiger partial charge in [-0.05, 0) is 44.0 Å². The highest BCUT2D eigenvalue weighted by molar-refractivity contribution is 6.33. The van der Waals surface area contributed by atoms with Crippen LogP contribution in [0, 0.1) is 16.7 Å². The molecule has 2 N–H and O–H groups in total. The maximum absolute atomic E-state index is 12.7. The van der Waals surface area contributed by atoms with Crippen LogP contribution in [0.2, 0.25) is 5.02 Å². The monoisotopic (exact) mass is 305 g/mol. The van der Waals surface area contributed by atoms with Crippen LogP contribution in [0.4, 0.5) is 5.69 Å². The van der Waals surface area contributed by atoms with E-state index in [4.69, 9.17) is 16.9 Å². The normalized spacial score (nSPS) is 21.6. The Morgan fingerprint density at radius 1 is 1.57 bits per heavy atom. The molecule has 0 saturated carbocycles. The van der Waals surface area contributed by atoms with E-state index in [0.29, 0.717) is 22.8 Å². The van der Waals surface area contributed by atoms with Crippen LogP contribution < -0.4 is 10.6 Å². The molecule has 1 aromatic rings. The lowest BCUT2D eigenvalue weighted by atomic mass is 9.76. The highest BCUT2D eigenvalue weighted by atomic mass is 35.5. The van der Waals surface area contributed by atoms with Crippen molar-refractivity contribution in [2.45, 2.75) is 32.6 Å². The van der Waals surface area contributed by atoms with Crippen LogP contribution in [0.5, 0.6) is 0 Å². The Morgan fingerprint density at radius 2 is 2.38 bits per heavy atom. The van der Waals surface area contributed by atoms with Crippen molar-refractivity contribution in [2.24, 2.45) is 5.41 Å². The Morgan fingerprint density at radius 3 is 3.00 bits per heavy atom. The van der Waals surface area contributed by atoms with Gasteiger partial charge >= 0.3 is 0 Å². The fourth-order valence-corrected chi connectivity index (χ4v) is 3.08. The molecule has 0 bridgehead atoms. The van der Waals surface area contributed by atoms with E-state index >= 15 is 0 Å². The number of nitriles is 1. The average molecular weight is 306 g/mol. The predicted molar refractivity (Wildman–Crippen MR) is 84.2 cm³/mol. The van der Waals surface area contributed by atoms with Crippen LogP contribution in [-0.2, 0) is 4.79 Å². The first-order chi connectivity index (χ1) is 10.1. The minimum Gasteiger partial charge on any atom is -0.324 e. The van der Waals surface area contributed by atoms with Crippen molar-refractivity contribution in [1.29, 1.82) is 5.26 Å². The third-order valence-corrected chi connectivity index (χ3v) is 4.36. The zero-order chi connectivity index (χ0) is 15.3. The first-order valence-corrected chi connectivity index (χ1v) is 7.71. The maximum atomic E-state index is 12.7. The smallest absolute Gasteiger partial charge is 0.231 e. The van der Waals surface area contributed by atoms with Crippen molar-refractivity contribution < 1.29 is 4.79 Å². The van der Waals surface area contributed by atoms with E-state index in [0.717, 1.165) is 32.2 Å². The standard InChI is InChI=1S/C16H20ClN3O/c1-2-6-16(7-3-8-19-11-16)15(21)20-14-9-12(10-18)4-5-13(14)17/h4-5,9,19H,2-3,6-8,11H2,1H3,(H,20,21). The van der Waals surface area contributed by atoms with E-state index in [1.54, 1.807) is 18.2 Å². The fraction of sp³-hybridized carbons (Fsp3) is 0.500. The minimum atomic E-state index is -0.376. The molecule has 2 rings (SSSR count). The van der Waals surface area contributed by atoms with E-state index < -0.39 is 0 Å². The molecule has 1 atom stereocenters. The van der Waals surface area contributed by atoms with Gasteiger partial charge in [-0.25, -0.2) is 0 Å². The summed E-state index contributed by atoms with van der Waals surface area (Å²) < 4.78 is 0. The number of amides is 1. The Bertz CT molecular complexity index is 554. The van der Waals surface area contributed by atoms with Gasteiger partial charge in [0, 0.05) is 6.54 Å². The summed E-state index contributed by atoms with van der Waals surface area (Å²) in [6.45, 7) is 3.75. The molecule has 4 nitrogen and oxygen atoms in total. The van der Waals surface area contributed by atoms with Gasteiger partial charge in [-0.15, -0.1) is 0 Å². The fourth-order valence-electron chi connectivity index (χ4n) is 2.91. The number of carbonyl (C=O) groups is 1. The van der Waals surface area contributed by atoms with Gasteiger partial charge in [-0.1, -0.05) is 24.9 Å². The molecule has 0 aliphatic carbocycles. The summed E-state index contributed by atoms with van der Waals surface area (Å²) in [5.74, 6) is -0.00598. The third-order valence-electron chi connectivity index (χ3n) is 4.03. The number of nitrogens with zero attached hydrogens (tertiary/aromatic N) is 1. The lowest BCUT2D eigenvalue weighted by molar-refractivity contribution is -0.127. The van der Waals surface area contributed by atoms with Crippen LogP contribution in [-0.4, -0.2) is 19.0 Å². The Hall–Kier alpha value is -1.57. The molecule has 0 spiro atoms. The summed E-state index contributed by atoms with van der Waals surface area (Å²) in [5, 5.41) is 15.6. The highest BCUT2D eigenvalue weighted by Crippen LogP contribution is 2.34. The van der Waals surface area contributed by atoms with Crippen molar-refractivity contribution in [2.75, 3.05) is 18.4 Å². The number of rotatable bonds is 4. The molecule has 0 aromatic heterocycles. The summed E-state index contributed by atoms with van der Waals surface area (Å²) in [6, 6.07) is 6.96. The second kappa shape index (κ2) is 6.93. The third kappa shape index (κ3) is 3.55. The largest absolute Gasteiger partial charge is 0.324 e. The van der Waals surface area contributed by atoms with Crippen molar-refractivity contribution in [3.8, 4) is 6.07 Å². The topological polar surface area (TPSA) is 64.9 Å².